The predicted molar refractivity (Wildman–Crippen MR) is 71.5 cm³/mol. The molecule has 96 valence electrons. The standard InChI is InChI=1S/C14H19N3O/c1-17-12-5-3-2-4-11(12)16-13(17)14(10-15)6-8-18-9-7-14/h2-5H,6-10,15H2,1H3. The Bertz CT molecular complexity index is 555. The van der Waals surface area contributed by atoms with Crippen molar-refractivity contribution in [1.29, 1.82) is 0 Å². The summed E-state index contributed by atoms with van der Waals surface area (Å²) in [5, 5.41) is 0. The van der Waals surface area contributed by atoms with Crippen LogP contribution in [0.1, 0.15) is 18.7 Å². The van der Waals surface area contributed by atoms with E-state index in [-0.39, 0.29) is 5.41 Å². The van der Waals surface area contributed by atoms with Crippen molar-refractivity contribution >= 4 is 11.0 Å². The van der Waals surface area contributed by atoms with Gasteiger partial charge in [0.1, 0.15) is 5.82 Å². The fourth-order valence-corrected chi connectivity index (χ4v) is 2.90. The number of nitrogens with zero attached hydrogens (tertiary/aromatic N) is 2. The molecule has 0 unspecified atom stereocenters. The molecule has 0 saturated carbocycles. The highest BCUT2D eigenvalue weighted by atomic mass is 16.5. The van der Waals surface area contributed by atoms with Crippen molar-refractivity contribution in [1.82, 2.24) is 9.55 Å². The maximum atomic E-state index is 6.05. The third kappa shape index (κ3) is 1.64. The average Bonchev–Trinajstić information content (AvgIpc) is 2.78. The van der Waals surface area contributed by atoms with Gasteiger partial charge in [0.05, 0.1) is 11.0 Å². The van der Waals surface area contributed by atoms with Crippen LogP contribution in [0.25, 0.3) is 11.0 Å². The molecule has 3 rings (SSSR count). The Morgan fingerprint density at radius 2 is 2.06 bits per heavy atom. The number of para-hydroxylation sites is 2. The topological polar surface area (TPSA) is 53.1 Å². The summed E-state index contributed by atoms with van der Waals surface area (Å²) in [6, 6.07) is 8.24. The van der Waals surface area contributed by atoms with Crippen molar-refractivity contribution in [2.24, 2.45) is 12.8 Å². The van der Waals surface area contributed by atoms with Gasteiger partial charge in [-0.3, -0.25) is 0 Å². The minimum Gasteiger partial charge on any atom is -0.381 e. The lowest BCUT2D eigenvalue weighted by atomic mass is 9.79. The summed E-state index contributed by atoms with van der Waals surface area (Å²) in [7, 11) is 2.08. The SMILES string of the molecule is Cn1c(C2(CN)CCOCC2)nc2ccccc21. The van der Waals surface area contributed by atoms with Crippen LogP contribution in [-0.2, 0) is 17.2 Å². The first kappa shape index (κ1) is 11.7. The summed E-state index contributed by atoms with van der Waals surface area (Å²) >= 11 is 0. The first-order valence-corrected chi connectivity index (χ1v) is 6.47. The molecule has 2 aromatic rings. The Kier molecular flexibility index (Phi) is 2.84. The lowest BCUT2D eigenvalue weighted by molar-refractivity contribution is 0.0492. The molecule has 0 radical (unpaired) electrons. The number of rotatable bonds is 2. The molecular formula is C14H19N3O. The minimum absolute atomic E-state index is 0.0218. The van der Waals surface area contributed by atoms with Gasteiger partial charge in [-0.05, 0) is 25.0 Å². The second kappa shape index (κ2) is 4.37. The smallest absolute Gasteiger partial charge is 0.117 e. The van der Waals surface area contributed by atoms with Crippen LogP contribution in [0.15, 0.2) is 24.3 Å². The highest BCUT2D eigenvalue weighted by molar-refractivity contribution is 5.76. The van der Waals surface area contributed by atoms with Gasteiger partial charge in [-0.25, -0.2) is 4.98 Å². The normalized spacial score (nSPS) is 19.2. The Morgan fingerprint density at radius 3 is 2.72 bits per heavy atom. The summed E-state index contributed by atoms with van der Waals surface area (Å²) in [5.74, 6) is 1.11. The summed E-state index contributed by atoms with van der Waals surface area (Å²) in [6.07, 6.45) is 1.92. The highest BCUT2D eigenvalue weighted by Crippen LogP contribution is 2.34. The van der Waals surface area contributed by atoms with E-state index < -0.39 is 0 Å². The number of hydrogen-bond donors (Lipinski definition) is 1. The third-order valence-electron chi connectivity index (χ3n) is 4.10. The zero-order chi connectivity index (χ0) is 12.6. The minimum atomic E-state index is -0.0218. The summed E-state index contributed by atoms with van der Waals surface area (Å²) < 4.78 is 7.66. The van der Waals surface area contributed by atoms with E-state index in [0.29, 0.717) is 6.54 Å². The first-order chi connectivity index (χ1) is 8.77. The van der Waals surface area contributed by atoms with Gasteiger partial charge in [0.2, 0.25) is 0 Å². The fourth-order valence-electron chi connectivity index (χ4n) is 2.90. The van der Waals surface area contributed by atoms with Gasteiger partial charge in [-0.1, -0.05) is 12.1 Å². The van der Waals surface area contributed by atoms with Gasteiger partial charge in [-0.2, -0.15) is 0 Å². The Morgan fingerprint density at radius 1 is 1.33 bits per heavy atom. The Hall–Kier alpha value is -1.39. The van der Waals surface area contributed by atoms with Gasteiger partial charge >= 0.3 is 0 Å². The van der Waals surface area contributed by atoms with Crippen LogP contribution < -0.4 is 5.73 Å². The van der Waals surface area contributed by atoms with Crippen molar-refractivity contribution in [2.45, 2.75) is 18.3 Å². The number of aromatic nitrogens is 2. The number of fused-ring (bicyclic) bond motifs is 1. The van der Waals surface area contributed by atoms with Crippen LogP contribution in [-0.4, -0.2) is 29.3 Å². The van der Waals surface area contributed by atoms with Crippen LogP contribution in [0.5, 0.6) is 0 Å². The van der Waals surface area contributed by atoms with Crippen LogP contribution in [0, 0.1) is 0 Å². The van der Waals surface area contributed by atoms with Crippen molar-refractivity contribution in [3.8, 4) is 0 Å². The van der Waals surface area contributed by atoms with Crippen molar-refractivity contribution in [3.63, 3.8) is 0 Å². The Labute approximate surface area is 107 Å². The molecule has 1 aliphatic heterocycles. The number of aryl methyl sites for hydroxylation is 1. The quantitative estimate of drug-likeness (QED) is 0.874. The maximum absolute atomic E-state index is 6.05. The van der Waals surface area contributed by atoms with Crippen molar-refractivity contribution < 1.29 is 4.74 Å². The largest absolute Gasteiger partial charge is 0.381 e. The van der Waals surface area contributed by atoms with Crippen molar-refractivity contribution in [2.75, 3.05) is 19.8 Å². The predicted octanol–water partition coefficient (Wildman–Crippen LogP) is 1.58. The lowest BCUT2D eigenvalue weighted by Gasteiger charge is -2.35. The molecule has 0 atom stereocenters. The summed E-state index contributed by atoms with van der Waals surface area (Å²) in [5.41, 5.74) is 8.25. The zero-order valence-corrected chi connectivity index (χ0v) is 10.7. The summed E-state index contributed by atoms with van der Waals surface area (Å²) in [6.45, 7) is 2.19. The van der Waals surface area contributed by atoms with E-state index >= 15 is 0 Å². The van der Waals surface area contributed by atoms with E-state index in [4.69, 9.17) is 15.5 Å². The molecule has 1 fully saturated rings. The summed E-state index contributed by atoms with van der Waals surface area (Å²) in [4.78, 5) is 4.81. The van der Waals surface area contributed by atoms with E-state index in [2.05, 4.69) is 23.7 Å². The number of ether oxygens (including phenoxy) is 1. The zero-order valence-electron chi connectivity index (χ0n) is 10.7. The van der Waals surface area contributed by atoms with Gasteiger partial charge in [-0.15, -0.1) is 0 Å². The van der Waals surface area contributed by atoms with Crippen LogP contribution in [0.2, 0.25) is 0 Å². The van der Waals surface area contributed by atoms with Crippen LogP contribution in [0.3, 0.4) is 0 Å². The molecule has 1 saturated heterocycles. The van der Waals surface area contributed by atoms with Crippen LogP contribution >= 0.6 is 0 Å². The number of benzene rings is 1. The van der Waals surface area contributed by atoms with Gasteiger partial charge < -0.3 is 15.0 Å². The van der Waals surface area contributed by atoms with E-state index in [9.17, 15) is 0 Å². The maximum Gasteiger partial charge on any atom is 0.117 e. The molecule has 0 bridgehead atoms. The first-order valence-electron chi connectivity index (χ1n) is 6.47. The molecule has 0 amide bonds. The molecule has 0 spiro atoms. The van der Waals surface area contributed by atoms with Gasteiger partial charge in [0.25, 0.3) is 0 Å². The molecule has 2 heterocycles. The monoisotopic (exact) mass is 245 g/mol. The van der Waals surface area contributed by atoms with E-state index in [0.717, 1.165) is 37.4 Å². The molecular weight excluding hydrogens is 226 g/mol. The molecule has 1 aromatic carbocycles. The molecule has 0 aliphatic carbocycles. The van der Waals surface area contributed by atoms with E-state index in [1.807, 2.05) is 12.1 Å². The van der Waals surface area contributed by atoms with Gasteiger partial charge in [0, 0.05) is 32.2 Å². The number of imidazole rings is 1. The molecule has 1 aliphatic rings. The second-order valence-electron chi connectivity index (χ2n) is 5.08. The Balaban J connectivity index is 2.14. The fraction of sp³-hybridized carbons (Fsp3) is 0.500. The number of nitrogens with two attached hydrogens (primary N) is 1. The highest BCUT2D eigenvalue weighted by Gasteiger charge is 2.37. The molecule has 4 nitrogen and oxygen atoms in total. The molecule has 1 aromatic heterocycles. The lowest BCUT2D eigenvalue weighted by Crippen LogP contribution is -2.42. The van der Waals surface area contributed by atoms with E-state index in [1.165, 1.54) is 5.52 Å². The molecule has 18 heavy (non-hydrogen) atoms. The second-order valence-corrected chi connectivity index (χ2v) is 5.08. The third-order valence-corrected chi connectivity index (χ3v) is 4.10. The van der Waals surface area contributed by atoms with E-state index in [1.54, 1.807) is 0 Å². The average molecular weight is 245 g/mol. The van der Waals surface area contributed by atoms with Gasteiger partial charge in [0.15, 0.2) is 0 Å². The number of hydrogen-bond acceptors (Lipinski definition) is 3. The van der Waals surface area contributed by atoms with Crippen molar-refractivity contribution in [3.05, 3.63) is 30.1 Å². The molecule has 2 N–H and O–H groups in total. The molecule has 4 heteroatoms. The van der Waals surface area contributed by atoms with Crippen LogP contribution in [0.4, 0.5) is 0 Å².